The van der Waals surface area contributed by atoms with Crippen molar-refractivity contribution in [2.45, 2.75) is 20.0 Å². The normalized spacial score (nSPS) is 17.8. The van der Waals surface area contributed by atoms with E-state index in [1.165, 1.54) is 0 Å². The number of sulfone groups is 1. The van der Waals surface area contributed by atoms with E-state index in [9.17, 15) is 13.2 Å². The summed E-state index contributed by atoms with van der Waals surface area (Å²) in [6.07, 6.45) is 4.89. The monoisotopic (exact) mass is 477 g/mol. The predicted octanol–water partition coefficient (Wildman–Crippen LogP) is 1.72. The largest absolute Gasteiger partial charge is 0.385 e. The summed E-state index contributed by atoms with van der Waals surface area (Å²) in [5.41, 5.74) is 3.11. The molecule has 2 aliphatic rings. The van der Waals surface area contributed by atoms with Gasteiger partial charge in [0.2, 0.25) is 0 Å². The van der Waals surface area contributed by atoms with Crippen molar-refractivity contribution in [3.8, 4) is 0 Å². The van der Waals surface area contributed by atoms with Crippen LogP contribution in [0.25, 0.3) is 11.0 Å². The Bertz CT molecular complexity index is 1200. The number of benzene rings is 1. The number of aldehydes is 1. The summed E-state index contributed by atoms with van der Waals surface area (Å²) in [6.45, 7) is 4.30. The lowest BCUT2D eigenvalue weighted by molar-refractivity contribution is -0.116. The molecule has 0 amide bonds. The van der Waals surface area contributed by atoms with Gasteiger partial charge < -0.3 is 24.9 Å². The SMILES string of the molecule is CCS(=O)(=O)CCn1c(CN(C)C2=C(C3(C=O)CNC3)C=CNC2)nc2cc(Cl)ccc21. The molecule has 0 atom stereocenters. The van der Waals surface area contributed by atoms with Crippen LogP contribution in [0.5, 0.6) is 0 Å². The highest BCUT2D eigenvalue weighted by atomic mass is 35.5. The van der Waals surface area contributed by atoms with Crippen LogP contribution in [0.1, 0.15) is 12.7 Å². The van der Waals surface area contributed by atoms with Gasteiger partial charge in [0, 0.05) is 43.2 Å². The van der Waals surface area contributed by atoms with Gasteiger partial charge in [0.15, 0.2) is 9.84 Å². The molecule has 1 aromatic heterocycles. The Kier molecular flexibility index (Phi) is 6.33. The smallest absolute Gasteiger partial charge is 0.151 e. The molecular formula is C22H28ClN5O3S. The van der Waals surface area contributed by atoms with Gasteiger partial charge in [-0.05, 0) is 36.0 Å². The van der Waals surface area contributed by atoms with Crippen LogP contribution < -0.4 is 10.6 Å². The fraction of sp³-hybridized carbons (Fsp3) is 0.455. The quantitative estimate of drug-likeness (QED) is 0.531. The number of aromatic nitrogens is 2. The van der Waals surface area contributed by atoms with Crippen LogP contribution in [0.15, 0.2) is 41.7 Å². The van der Waals surface area contributed by atoms with Gasteiger partial charge in [-0.1, -0.05) is 18.5 Å². The number of rotatable bonds is 9. The molecule has 1 fully saturated rings. The molecule has 0 aliphatic carbocycles. The molecule has 2 aromatic rings. The number of dihydropyridines is 1. The van der Waals surface area contributed by atoms with Crippen molar-refractivity contribution in [3.63, 3.8) is 0 Å². The third-order valence-electron chi connectivity index (χ3n) is 6.29. The van der Waals surface area contributed by atoms with Crippen LogP contribution >= 0.6 is 11.6 Å². The first-order valence-electron chi connectivity index (χ1n) is 10.7. The summed E-state index contributed by atoms with van der Waals surface area (Å²) < 4.78 is 26.3. The minimum atomic E-state index is -3.13. The maximum absolute atomic E-state index is 12.2. The number of aryl methyl sites for hydroxylation is 1. The molecule has 10 heteroatoms. The number of allylic oxidation sites excluding steroid dienone is 1. The van der Waals surface area contributed by atoms with Crippen LogP contribution in [-0.2, 0) is 27.7 Å². The fourth-order valence-electron chi connectivity index (χ4n) is 4.22. The number of halogens is 1. The van der Waals surface area contributed by atoms with Gasteiger partial charge in [-0.3, -0.25) is 0 Å². The van der Waals surface area contributed by atoms with Crippen LogP contribution in [-0.4, -0.2) is 67.3 Å². The number of imidazole rings is 1. The van der Waals surface area contributed by atoms with Gasteiger partial charge in [-0.25, -0.2) is 13.4 Å². The number of likely N-dealkylation sites (N-methyl/N-ethyl adjacent to an activating group) is 1. The third-order valence-corrected chi connectivity index (χ3v) is 8.20. The average Bonchev–Trinajstić information content (AvgIpc) is 3.08. The molecule has 0 spiro atoms. The molecule has 8 nitrogen and oxygen atoms in total. The lowest BCUT2D eigenvalue weighted by atomic mass is 9.74. The van der Waals surface area contributed by atoms with Crippen molar-refractivity contribution in [1.29, 1.82) is 0 Å². The first-order valence-corrected chi connectivity index (χ1v) is 12.9. The second kappa shape index (κ2) is 8.88. The Morgan fingerprint density at radius 1 is 1.34 bits per heavy atom. The van der Waals surface area contributed by atoms with Crippen molar-refractivity contribution in [2.24, 2.45) is 5.41 Å². The minimum absolute atomic E-state index is 0.0481. The van der Waals surface area contributed by atoms with Crippen molar-refractivity contribution >= 4 is 38.8 Å². The summed E-state index contributed by atoms with van der Waals surface area (Å²) in [4.78, 5) is 18.8. The standard InChI is InChI=1S/C22H28ClN5O3S/c1-3-32(30,31)9-8-28-19-5-4-16(23)10-18(19)26-21(28)12-27(2)20-11-24-7-6-17(20)22(15-29)13-25-14-22/h4-7,10,15,24-25H,3,8-9,11-14H2,1-2H3. The van der Waals surface area contributed by atoms with Gasteiger partial charge >= 0.3 is 0 Å². The second-order valence-electron chi connectivity index (χ2n) is 8.36. The zero-order valence-electron chi connectivity index (χ0n) is 18.3. The van der Waals surface area contributed by atoms with E-state index in [2.05, 4.69) is 15.5 Å². The van der Waals surface area contributed by atoms with E-state index >= 15 is 0 Å². The molecule has 3 heterocycles. The van der Waals surface area contributed by atoms with E-state index in [1.807, 2.05) is 30.0 Å². The fourth-order valence-corrected chi connectivity index (χ4v) is 5.14. The van der Waals surface area contributed by atoms with Gasteiger partial charge in [-0.2, -0.15) is 0 Å². The molecule has 172 valence electrons. The van der Waals surface area contributed by atoms with Gasteiger partial charge in [0.05, 0.1) is 35.3 Å². The first kappa shape index (κ1) is 22.8. The summed E-state index contributed by atoms with van der Waals surface area (Å²) in [6, 6.07) is 5.46. The Morgan fingerprint density at radius 3 is 2.78 bits per heavy atom. The van der Waals surface area contributed by atoms with Crippen molar-refractivity contribution in [1.82, 2.24) is 25.1 Å². The van der Waals surface area contributed by atoms with Crippen molar-refractivity contribution in [3.05, 3.63) is 52.6 Å². The summed E-state index contributed by atoms with van der Waals surface area (Å²) in [7, 11) is -1.16. The van der Waals surface area contributed by atoms with Crippen molar-refractivity contribution < 1.29 is 13.2 Å². The molecule has 4 rings (SSSR count). The number of nitrogens with zero attached hydrogens (tertiary/aromatic N) is 3. The van der Waals surface area contributed by atoms with E-state index in [1.54, 1.807) is 19.1 Å². The van der Waals surface area contributed by atoms with Gasteiger partial charge in [0.1, 0.15) is 12.1 Å². The molecule has 0 unspecified atom stereocenters. The van der Waals surface area contributed by atoms with Crippen molar-refractivity contribution in [2.75, 3.05) is 38.2 Å². The lowest BCUT2D eigenvalue weighted by Crippen LogP contribution is -2.56. The topological polar surface area (TPSA) is 96.3 Å². The van der Waals surface area contributed by atoms with Crippen LogP contribution in [0.4, 0.5) is 0 Å². The van der Waals surface area contributed by atoms with E-state index in [0.29, 0.717) is 37.7 Å². The summed E-state index contributed by atoms with van der Waals surface area (Å²) >= 11 is 6.17. The zero-order valence-corrected chi connectivity index (χ0v) is 19.8. The lowest BCUT2D eigenvalue weighted by Gasteiger charge is -2.42. The highest BCUT2D eigenvalue weighted by molar-refractivity contribution is 7.91. The second-order valence-corrected chi connectivity index (χ2v) is 11.3. The van der Waals surface area contributed by atoms with E-state index in [4.69, 9.17) is 16.6 Å². The first-order chi connectivity index (χ1) is 15.3. The highest BCUT2D eigenvalue weighted by Crippen LogP contribution is 2.35. The number of carbonyl (C=O) groups is 1. The minimum Gasteiger partial charge on any atom is -0.385 e. The maximum Gasteiger partial charge on any atom is 0.151 e. The Hall–Kier alpha value is -2.36. The van der Waals surface area contributed by atoms with Crippen LogP contribution in [0, 0.1) is 5.41 Å². The molecule has 0 saturated carbocycles. The Balaban J connectivity index is 1.70. The molecule has 1 aromatic carbocycles. The molecule has 0 bridgehead atoms. The third kappa shape index (κ3) is 4.29. The molecule has 0 radical (unpaired) electrons. The Morgan fingerprint density at radius 2 is 2.12 bits per heavy atom. The van der Waals surface area contributed by atoms with Crippen LogP contribution in [0.2, 0.25) is 5.02 Å². The van der Waals surface area contributed by atoms with E-state index in [0.717, 1.165) is 34.4 Å². The molecule has 1 saturated heterocycles. The molecule has 32 heavy (non-hydrogen) atoms. The molecule has 2 N–H and O–H groups in total. The van der Waals surface area contributed by atoms with Gasteiger partial charge in [0.25, 0.3) is 0 Å². The number of carbonyl (C=O) groups excluding carboxylic acids is 1. The maximum atomic E-state index is 12.2. The average molecular weight is 478 g/mol. The molecular weight excluding hydrogens is 450 g/mol. The Labute approximate surface area is 193 Å². The summed E-state index contributed by atoms with van der Waals surface area (Å²) in [5, 5.41) is 7.02. The highest BCUT2D eigenvalue weighted by Gasteiger charge is 2.42. The van der Waals surface area contributed by atoms with E-state index < -0.39 is 15.3 Å². The number of nitrogens with one attached hydrogen (secondary N) is 2. The molecule has 2 aliphatic heterocycles. The number of hydrogen-bond donors (Lipinski definition) is 2. The number of fused-ring (bicyclic) bond motifs is 1. The summed E-state index contributed by atoms with van der Waals surface area (Å²) in [5.74, 6) is 0.910. The van der Waals surface area contributed by atoms with Crippen LogP contribution in [0.3, 0.4) is 0 Å². The zero-order chi connectivity index (χ0) is 22.9. The predicted molar refractivity (Wildman–Crippen MR) is 126 cm³/mol. The van der Waals surface area contributed by atoms with Gasteiger partial charge in [-0.15, -0.1) is 0 Å². The van der Waals surface area contributed by atoms with E-state index in [-0.39, 0.29) is 11.5 Å². The number of hydrogen-bond acceptors (Lipinski definition) is 7.